The standard InChI is InChI=1S/C10H13NO2/c1-7-4-9(12)11-10(5-7)13-6-8-2-3-8/h4-5,8H,2-3,6H2,1H3,(H,11,12). The Kier molecular flexibility index (Phi) is 2.08. The lowest BCUT2D eigenvalue weighted by molar-refractivity contribution is 0.287. The second-order valence-corrected chi connectivity index (χ2v) is 3.64. The van der Waals surface area contributed by atoms with Crippen LogP contribution in [0.25, 0.3) is 0 Å². The quantitative estimate of drug-likeness (QED) is 0.763. The minimum atomic E-state index is -0.0919. The first kappa shape index (κ1) is 8.35. The number of rotatable bonds is 3. The van der Waals surface area contributed by atoms with Crippen molar-refractivity contribution >= 4 is 0 Å². The number of H-pyrrole nitrogens is 1. The summed E-state index contributed by atoms with van der Waals surface area (Å²) >= 11 is 0. The molecule has 1 fully saturated rings. The van der Waals surface area contributed by atoms with Crippen molar-refractivity contribution in [3.8, 4) is 5.88 Å². The van der Waals surface area contributed by atoms with Crippen LogP contribution in [0.2, 0.25) is 0 Å². The summed E-state index contributed by atoms with van der Waals surface area (Å²) in [5, 5.41) is 0. The average Bonchev–Trinajstić information content (AvgIpc) is 2.81. The first-order valence-electron chi connectivity index (χ1n) is 4.58. The van der Waals surface area contributed by atoms with Gasteiger partial charge in [0.05, 0.1) is 6.61 Å². The number of aromatic nitrogens is 1. The van der Waals surface area contributed by atoms with Crippen LogP contribution in [0, 0.1) is 12.8 Å². The highest BCUT2D eigenvalue weighted by atomic mass is 16.5. The van der Waals surface area contributed by atoms with Gasteiger partial charge >= 0.3 is 0 Å². The second kappa shape index (κ2) is 3.24. The molecule has 0 spiro atoms. The third kappa shape index (κ3) is 2.34. The number of aryl methyl sites for hydroxylation is 1. The molecule has 0 amide bonds. The van der Waals surface area contributed by atoms with Crippen molar-refractivity contribution in [3.05, 3.63) is 28.0 Å². The van der Waals surface area contributed by atoms with Crippen molar-refractivity contribution in [2.45, 2.75) is 19.8 Å². The summed E-state index contributed by atoms with van der Waals surface area (Å²) in [5.74, 6) is 1.31. The Morgan fingerprint density at radius 3 is 2.92 bits per heavy atom. The SMILES string of the molecule is Cc1cc(OCC2CC2)[nH]c(=O)c1. The van der Waals surface area contributed by atoms with Crippen molar-refractivity contribution in [1.29, 1.82) is 0 Å². The molecule has 1 aromatic rings. The zero-order chi connectivity index (χ0) is 9.26. The van der Waals surface area contributed by atoms with Gasteiger partial charge in [-0.2, -0.15) is 0 Å². The minimum Gasteiger partial charge on any atom is -0.479 e. The summed E-state index contributed by atoms with van der Waals surface area (Å²) in [7, 11) is 0. The summed E-state index contributed by atoms with van der Waals surface area (Å²) in [5.41, 5.74) is 0.848. The van der Waals surface area contributed by atoms with Crippen molar-refractivity contribution in [2.24, 2.45) is 5.92 Å². The van der Waals surface area contributed by atoms with E-state index in [1.54, 1.807) is 6.07 Å². The van der Waals surface area contributed by atoms with E-state index in [1.807, 2.05) is 13.0 Å². The van der Waals surface area contributed by atoms with E-state index in [4.69, 9.17) is 4.74 Å². The van der Waals surface area contributed by atoms with Gasteiger partial charge in [-0.1, -0.05) is 0 Å². The maximum atomic E-state index is 11.0. The fourth-order valence-corrected chi connectivity index (χ4v) is 1.22. The molecule has 1 N–H and O–H groups in total. The van der Waals surface area contributed by atoms with Gasteiger partial charge in [-0.3, -0.25) is 9.78 Å². The molecule has 1 heterocycles. The topological polar surface area (TPSA) is 42.1 Å². The summed E-state index contributed by atoms with van der Waals surface area (Å²) in [6.45, 7) is 2.62. The van der Waals surface area contributed by atoms with E-state index in [2.05, 4.69) is 4.98 Å². The molecule has 1 aromatic heterocycles. The van der Waals surface area contributed by atoms with Crippen molar-refractivity contribution in [1.82, 2.24) is 4.98 Å². The van der Waals surface area contributed by atoms with Gasteiger partial charge in [-0.05, 0) is 31.2 Å². The number of aromatic amines is 1. The van der Waals surface area contributed by atoms with Crippen LogP contribution in [0.4, 0.5) is 0 Å². The highest BCUT2D eigenvalue weighted by Crippen LogP contribution is 2.29. The molecule has 0 saturated heterocycles. The maximum Gasteiger partial charge on any atom is 0.250 e. The molecule has 0 bridgehead atoms. The molecule has 1 aliphatic rings. The normalized spacial score (nSPS) is 15.8. The molecule has 1 saturated carbocycles. The Hall–Kier alpha value is -1.25. The fraction of sp³-hybridized carbons (Fsp3) is 0.500. The molecule has 2 rings (SSSR count). The Morgan fingerprint density at radius 2 is 2.31 bits per heavy atom. The van der Waals surface area contributed by atoms with Gasteiger partial charge in [0.15, 0.2) is 5.88 Å². The van der Waals surface area contributed by atoms with E-state index < -0.39 is 0 Å². The van der Waals surface area contributed by atoms with E-state index in [9.17, 15) is 4.79 Å². The number of nitrogens with one attached hydrogen (secondary N) is 1. The number of hydrogen-bond acceptors (Lipinski definition) is 2. The van der Waals surface area contributed by atoms with E-state index in [1.165, 1.54) is 12.8 Å². The second-order valence-electron chi connectivity index (χ2n) is 3.64. The maximum absolute atomic E-state index is 11.0. The Labute approximate surface area is 76.7 Å². The smallest absolute Gasteiger partial charge is 0.250 e. The monoisotopic (exact) mass is 179 g/mol. The first-order valence-corrected chi connectivity index (χ1v) is 4.58. The van der Waals surface area contributed by atoms with Gasteiger partial charge in [-0.25, -0.2) is 0 Å². The van der Waals surface area contributed by atoms with Crippen LogP contribution in [0.15, 0.2) is 16.9 Å². The minimum absolute atomic E-state index is 0.0919. The molecule has 13 heavy (non-hydrogen) atoms. The highest BCUT2D eigenvalue weighted by Gasteiger charge is 2.21. The molecule has 0 aliphatic heterocycles. The van der Waals surface area contributed by atoms with Crippen molar-refractivity contribution < 1.29 is 4.74 Å². The zero-order valence-corrected chi connectivity index (χ0v) is 7.67. The molecule has 3 heteroatoms. The van der Waals surface area contributed by atoms with Crippen LogP contribution < -0.4 is 10.3 Å². The summed E-state index contributed by atoms with van der Waals surface area (Å²) in [6, 6.07) is 3.41. The summed E-state index contributed by atoms with van der Waals surface area (Å²) in [4.78, 5) is 13.7. The van der Waals surface area contributed by atoms with Gasteiger partial charge in [0.2, 0.25) is 0 Å². The Balaban J connectivity index is 2.05. The predicted molar refractivity (Wildman–Crippen MR) is 50.0 cm³/mol. The molecular formula is C10H13NO2. The van der Waals surface area contributed by atoms with Crippen LogP contribution in [-0.2, 0) is 0 Å². The third-order valence-electron chi connectivity index (χ3n) is 2.14. The highest BCUT2D eigenvalue weighted by molar-refractivity contribution is 5.18. The van der Waals surface area contributed by atoms with Crippen LogP contribution in [0.5, 0.6) is 5.88 Å². The van der Waals surface area contributed by atoms with E-state index in [0.29, 0.717) is 11.8 Å². The first-order chi connectivity index (χ1) is 6.24. The molecule has 0 atom stereocenters. The average molecular weight is 179 g/mol. The van der Waals surface area contributed by atoms with E-state index in [-0.39, 0.29) is 5.56 Å². The van der Waals surface area contributed by atoms with Crippen LogP contribution in [0.3, 0.4) is 0 Å². The van der Waals surface area contributed by atoms with Crippen LogP contribution in [-0.4, -0.2) is 11.6 Å². The summed E-state index contributed by atoms with van der Waals surface area (Å²) in [6.07, 6.45) is 2.52. The lowest BCUT2D eigenvalue weighted by Gasteiger charge is -2.04. The number of ether oxygens (including phenoxy) is 1. The van der Waals surface area contributed by atoms with E-state index in [0.717, 1.165) is 12.2 Å². The lowest BCUT2D eigenvalue weighted by atomic mass is 10.3. The molecule has 0 unspecified atom stereocenters. The predicted octanol–water partition coefficient (Wildman–Crippen LogP) is 1.47. The largest absolute Gasteiger partial charge is 0.479 e. The molecule has 70 valence electrons. The van der Waals surface area contributed by atoms with E-state index >= 15 is 0 Å². The molecule has 0 radical (unpaired) electrons. The third-order valence-corrected chi connectivity index (χ3v) is 2.14. The molecule has 3 nitrogen and oxygen atoms in total. The van der Waals surface area contributed by atoms with Crippen LogP contribution >= 0.6 is 0 Å². The van der Waals surface area contributed by atoms with Gasteiger partial charge in [0, 0.05) is 12.1 Å². The molecule has 0 aromatic carbocycles. The number of hydrogen-bond donors (Lipinski definition) is 1. The van der Waals surface area contributed by atoms with Gasteiger partial charge in [-0.15, -0.1) is 0 Å². The van der Waals surface area contributed by atoms with Gasteiger partial charge in [0.1, 0.15) is 0 Å². The molecular weight excluding hydrogens is 166 g/mol. The fourth-order valence-electron chi connectivity index (χ4n) is 1.22. The zero-order valence-electron chi connectivity index (χ0n) is 7.67. The molecule has 1 aliphatic carbocycles. The van der Waals surface area contributed by atoms with Gasteiger partial charge in [0.25, 0.3) is 5.56 Å². The van der Waals surface area contributed by atoms with Crippen LogP contribution in [0.1, 0.15) is 18.4 Å². The Bertz CT molecular complexity index is 352. The lowest BCUT2D eigenvalue weighted by Crippen LogP contribution is -2.09. The number of pyridine rings is 1. The van der Waals surface area contributed by atoms with Crippen molar-refractivity contribution in [3.63, 3.8) is 0 Å². The van der Waals surface area contributed by atoms with Crippen molar-refractivity contribution in [2.75, 3.05) is 6.61 Å². The Morgan fingerprint density at radius 1 is 1.54 bits per heavy atom. The van der Waals surface area contributed by atoms with Gasteiger partial charge < -0.3 is 4.74 Å². The summed E-state index contributed by atoms with van der Waals surface area (Å²) < 4.78 is 5.44.